The number of phenols is 2. The first-order valence-electron chi connectivity index (χ1n) is 5.56. The summed E-state index contributed by atoms with van der Waals surface area (Å²) in [6, 6.07) is 9.48. The van der Waals surface area contributed by atoms with Crippen LogP contribution in [0.5, 0.6) is 17.2 Å². The van der Waals surface area contributed by atoms with Gasteiger partial charge in [-0.1, -0.05) is 18.2 Å². The molecule has 0 aliphatic carbocycles. The van der Waals surface area contributed by atoms with Crippen LogP contribution in [0.3, 0.4) is 0 Å². The molecule has 102 valence electrons. The van der Waals surface area contributed by atoms with Crippen molar-refractivity contribution in [2.24, 2.45) is 0 Å². The molecule has 0 unspecified atom stereocenters. The molecule has 0 amide bonds. The molecule has 0 radical (unpaired) electrons. The number of aromatic carboxylic acids is 1. The fraction of sp³-hybridized carbons (Fsp3) is 0. The van der Waals surface area contributed by atoms with Gasteiger partial charge in [-0.15, -0.1) is 0 Å². The minimum Gasteiger partial charge on any atom is -0.507 e. The molecule has 6 heteroatoms. The number of carbonyl (C=O) groups is 2. The maximum Gasteiger partial charge on any atom is 0.347 e. The fourth-order valence-corrected chi connectivity index (χ4v) is 1.58. The van der Waals surface area contributed by atoms with Gasteiger partial charge in [0.15, 0.2) is 11.5 Å². The third kappa shape index (κ3) is 2.54. The Bertz CT molecular complexity index is 677. The predicted molar refractivity (Wildman–Crippen MR) is 68.1 cm³/mol. The van der Waals surface area contributed by atoms with E-state index in [-0.39, 0.29) is 22.6 Å². The molecular formula is C14H10O6. The van der Waals surface area contributed by atoms with Crippen LogP contribution in [0.4, 0.5) is 0 Å². The Balaban J connectivity index is 2.32. The van der Waals surface area contributed by atoms with Gasteiger partial charge in [-0.3, -0.25) is 0 Å². The molecule has 0 aromatic heterocycles. The number of carboxylic acids is 1. The van der Waals surface area contributed by atoms with E-state index in [9.17, 15) is 19.8 Å². The summed E-state index contributed by atoms with van der Waals surface area (Å²) in [5.41, 5.74) is -0.472. The lowest BCUT2D eigenvalue weighted by Crippen LogP contribution is -2.09. The third-order valence-electron chi connectivity index (χ3n) is 2.56. The maximum absolute atomic E-state index is 11.8. The molecule has 2 aromatic carbocycles. The van der Waals surface area contributed by atoms with Gasteiger partial charge in [0.25, 0.3) is 0 Å². The Morgan fingerprint density at radius 3 is 2.20 bits per heavy atom. The van der Waals surface area contributed by atoms with Crippen LogP contribution in [0.25, 0.3) is 0 Å². The maximum atomic E-state index is 11.8. The molecule has 0 saturated heterocycles. The summed E-state index contributed by atoms with van der Waals surface area (Å²) in [6.45, 7) is 0. The van der Waals surface area contributed by atoms with Crippen LogP contribution in [0.2, 0.25) is 0 Å². The van der Waals surface area contributed by atoms with Crippen molar-refractivity contribution in [2.75, 3.05) is 0 Å². The summed E-state index contributed by atoms with van der Waals surface area (Å²) >= 11 is 0. The van der Waals surface area contributed by atoms with E-state index in [0.717, 1.165) is 0 Å². The van der Waals surface area contributed by atoms with Crippen molar-refractivity contribution in [1.82, 2.24) is 0 Å². The van der Waals surface area contributed by atoms with Gasteiger partial charge in [-0.05, 0) is 24.3 Å². The molecule has 0 atom stereocenters. The zero-order valence-electron chi connectivity index (χ0n) is 10.1. The SMILES string of the molecule is O=C(Oc1cccc(C(=O)O)c1O)c1ccccc1O. The van der Waals surface area contributed by atoms with Crippen LogP contribution < -0.4 is 4.74 Å². The van der Waals surface area contributed by atoms with Gasteiger partial charge in [0.1, 0.15) is 16.9 Å². The Kier molecular flexibility index (Phi) is 3.56. The van der Waals surface area contributed by atoms with Crippen molar-refractivity contribution >= 4 is 11.9 Å². The first-order chi connectivity index (χ1) is 9.50. The first-order valence-corrected chi connectivity index (χ1v) is 5.56. The van der Waals surface area contributed by atoms with E-state index in [1.807, 2.05) is 0 Å². The van der Waals surface area contributed by atoms with Crippen LogP contribution in [-0.2, 0) is 0 Å². The summed E-state index contributed by atoms with van der Waals surface area (Å²) in [7, 11) is 0. The molecule has 2 rings (SSSR count). The average Bonchev–Trinajstić information content (AvgIpc) is 2.41. The molecule has 20 heavy (non-hydrogen) atoms. The highest BCUT2D eigenvalue weighted by molar-refractivity contribution is 5.95. The van der Waals surface area contributed by atoms with E-state index in [1.165, 1.54) is 42.5 Å². The molecule has 0 spiro atoms. The monoisotopic (exact) mass is 274 g/mol. The van der Waals surface area contributed by atoms with E-state index >= 15 is 0 Å². The lowest BCUT2D eigenvalue weighted by Gasteiger charge is -2.08. The second-order valence-electron chi connectivity index (χ2n) is 3.86. The van der Waals surface area contributed by atoms with Gasteiger partial charge in [0.05, 0.1) is 0 Å². The van der Waals surface area contributed by atoms with E-state index < -0.39 is 17.7 Å². The summed E-state index contributed by atoms with van der Waals surface area (Å²) in [5, 5.41) is 28.1. The Morgan fingerprint density at radius 1 is 0.900 bits per heavy atom. The van der Waals surface area contributed by atoms with Crippen molar-refractivity contribution in [1.29, 1.82) is 0 Å². The largest absolute Gasteiger partial charge is 0.507 e. The average molecular weight is 274 g/mol. The number of benzene rings is 2. The van der Waals surface area contributed by atoms with Gasteiger partial charge >= 0.3 is 11.9 Å². The van der Waals surface area contributed by atoms with Gasteiger partial charge in [-0.2, -0.15) is 0 Å². The molecule has 0 bridgehead atoms. The van der Waals surface area contributed by atoms with E-state index in [4.69, 9.17) is 9.84 Å². The molecule has 2 aromatic rings. The minimum atomic E-state index is -1.34. The zero-order valence-corrected chi connectivity index (χ0v) is 10.1. The van der Waals surface area contributed by atoms with Crippen molar-refractivity contribution in [3.63, 3.8) is 0 Å². The number of esters is 1. The van der Waals surface area contributed by atoms with Crippen LogP contribution in [0.15, 0.2) is 42.5 Å². The number of hydrogen-bond acceptors (Lipinski definition) is 5. The van der Waals surface area contributed by atoms with Crippen LogP contribution in [-0.4, -0.2) is 27.3 Å². The van der Waals surface area contributed by atoms with Crippen molar-refractivity contribution in [2.45, 2.75) is 0 Å². The summed E-state index contributed by atoms with van der Waals surface area (Å²) in [5.74, 6) is -3.46. The van der Waals surface area contributed by atoms with Gasteiger partial charge < -0.3 is 20.1 Å². The van der Waals surface area contributed by atoms with Gasteiger partial charge in [-0.25, -0.2) is 9.59 Å². The molecule has 0 saturated carbocycles. The van der Waals surface area contributed by atoms with Crippen LogP contribution in [0, 0.1) is 0 Å². The second kappa shape index (κ2) is 5.31. The number of phenolic OH excluding ortho intramolecular Hbond substituents is 1. The van der Waals surface area contributed by atoms with E-state index in [1.54, 1.807) is 0 Å². The topological polar surface area (TPSA) is 104 Å². The number of carboxylic acid groups (broad SMARTS) is 1. The van der Waals surface area contributed by atoms with Gasteiger partial charge in [0.2, 0.25) is 0 Å². The van der Waals surface area contributed by atoms with Crippen molar-refractivity contribution in [3.05, 3.63) is 53.6 Å². The summed E-state index contributed by atoms with van der Waals surface area (Å²) in [4.78, 5) is 22.7. The van der Waals surface area contributed by atoms with Gasteiger partial charge in [0, 0.05) is 0 Å². The minimum absolute atomic E-state index is 0.0902. The van der Waals surface area contributed by atoms with Crippen LogP contribution in [0.1, 0.15) is 20.7 Å². The molecular weight excluding hydrogens is 264 g/mol. The summed E-state index contributed by atoms with van der Waals surface area (Å²) in [6.07, 6.45) is 0. The number of rotatable bonds is 3. The molecule has 3 N–H and O–H groups in total. The molecule has 6 nitrogen and oxygen atoms in total. The quantitative estimate of drug-likeness (QED) is 0.584. The lowest BCUT2D eigenvalue weighted by molar-refractivity contribution is 0.0680. The highest BCUT2D eigenvalue weighted by Crippen LogP contribution is 2.31. The fourth-order valence-electron chi connectivity index (χ4n) is 1.58. The van der Waals surface area contributed by atoms with E-state index in [0.29, 0.717) is 0 Å². The van der Waals surface area contributed by atoms with Crippen molar-refractivity contribution < 1.29 is 29.6 Å². The molecule has 0 aliphatic heterocycles. The lowest BCUT2D eigenvalue weighted by atomic mass is 10.2. The highest BCUT2D eigenvalue weighted by atomic mass is 16.5. The van der Waals surface area contributed by atoms with Crippen molar-refractivity contribution in [3.8, 4) is 17.2 Å². The molecule has 0 fully saturated rings. The number of carbonyl (C=O) groups excluding carboxylic acids is 1. The Hall–Kier alpha value is -3.02. The number of aromatic hydroxyl groups is 2. The number of ether oxygens (including phenoxy) is 1. The molecule has 0 aliphatic rings. The number of hydrogen-bond donors (Lipinski definition) is 3. The van der Waals surface area contributed by atoms with Crippen LogP contribution >= 0.6 is 0 Å². The first kappa shape index (κ1) is 13.4. The standard InChI is InChI=1S/C14H10O6/c15-10-6-2-1-4-8(10)14(19)20-11-7-3-5-9(12(11)16)13(17)18/h1-7,15-16H,(H,17,18). The predicted octanol–water partition coefficient (Wildman–Crippen LogP) is 2.02. The summed E-state index contributed by atoms with van der Waals surface area (Å²) < 4.78 is 4.89. The zero-order chi connectivity index (χ0) is 14.7. The number of para-hydroxylation sites is 2. The Labute approximate surface area is 113 Å². The third-order valence-corrected chi connectivity index (χ3v) is 2.56. The highest BCUT2D eigenvalue weighted by Gasteiger charge is 2.18. The van der Waals surface area contributed by atoms with E-state index in [2.05, 4.69) is 0 Å². The smallest absolute Gasteiger partial charge is 0.347 e. The second-order valence-corrected chi connectivity index (χ2v) is 3.86. The molecule has 0 heterocycles. The Morgan fingerprint density at radius 2 is 1.55 bits per heavy atom. The normalized spacial score (nSPS) is 10.0.